The van der Waals surface area contributed by atoms with E-state index in [1.165, 1.54) is 6.33 Å². The summed E-state index contributed by atoms with van der Waals surface area (Å²) in [5, 5.41) is 3.01. The van der Waals surface area contributed by atoms with E-state index in [1.807, 2.05) is 12.1 Å². The average molecular weight is 259 g/mol. The molecule has 0 aliphatic rings. The number of benzene rings is 1. The van der Waals surface area contributed by atoms with Gasteiger partial charge in [-0.15, -0.1) is 0 Å². The van der Waals surface area contributed by atoms with E-state index in [-0.39, 0.29) is 5.65 Å². The SMILES string of the molecule is COc1ccccc1Nc1nc(F)nc2nc[nH]c12. The van der Waals surface area contributed by atoms with Gasteiger partial charge in [0.1, 0.15) is 11.3 Å². The number of nitrogens with one attached hydrogen (secondary N) is 2. The molecule has 0 spiro atoms. The summed E-state index contributed by atoms with van der Waals surface area (Å²) in [5.74, 6) is 0.943. The maximum Gasteiger partial charge on any atom is 0.312 e. The summed E-state index contributed by atoms with van der Waals surface area (Å²) in [6.07, 6.45) is 0.601. The molecule has 7 heteroatoms. The molecular weight excluding hydrogens is 249 g/mol. The number of methoxy groups -OCH3 is 1. The molecule has 0 aliphatic heterocycles. The minimum atomic E-state index is -0.836. The highest BCUT2D eigenvalue weighted by atomic mass is 19.1. The fourth-order valence-electron chi connectivity index (χ4n) is 1.77. The van der Waals surface area contributed by atoms with Crippen LogP contribution in [0.4, 0.5) is 15.9 Å². The summed E-state index contributed by atoms with van der Waals surface area (Å²) in [4.78, 5) is 14.1. The van der Waals surface area contributed by atoms with E-state index in [4.69, 9.17) is 4.74 Å². The molecule has 0 fully saturated rings. The molecule has 0 saturated carbocycles. The van der Waals surface area contributed by atoms with E-state index in [0.717, 1.165) is 0 Å². The number of fused-ring (bicyclic) bond motifs is 1. The molecule has 2 heterocycles. The fraction of sp³-hybridized carbons (Fsp3) is 0.0833. The van der Waals surface area contributed by atoms with Gasteiger partial charge in [0.15, 0.2) is 11.5 Å². The van der Waals surface area contributed by atoms with Gasteiger partial charge in [-0.25, -0.2) is 4.98 Å². The Morgan fingerprint density at radius 3 is 2.95 bits per heavy atom. The first-order valence-electron chi connectivity index (χ1n) is 5.54. The quantitative estimate of drug-likeness (QED) is 0.705. The van der Waals surface area contributed by atoms with E-state index in [9.17, 15) is 4.39 Å². The van der Waals surface area contributed by atoms with Crippen LogP contribution in [-0.4, -0.2) is 27.0 Å². The van der Waals surface area contributed by atoms with Crippen molar-refractivity contribution in [2.24, 2.45) is 0 Å². The largest absolute Gasteiger partial charge is 0.495 e. The van der Waals surface area contributed by atoms with Crippen molar-refractivity contribution in [3.05, 3.63) is 36.7 Å². The molecule has 19 heavy (non-hydrogen) atoms. The van der Waals surface area contributed by atoms with Crippen LogP contribution < -0.4 is 10.1 Å². The van der Waals surface area contributed by atoms with Gasteiger partial charge >= 0.3 is 6.08 Å². The molecule has 3 rings (SSSR count). The molecule has 1 aromatic carbocycles. The minimum absolute atomic E-state index is 0.268. The third-order valence-electron chi connectivity index (χ3n) is 2.62. The Morgan fingerprint density at radius 1 is 1.26 bits per heavy atom. The zero-order valence-electron chi connectivity index (χ0n) is 10.0. The highest BCUT2D eigenvalue weighted by Gasteiger charge is 2.11. The van der Waals surface area contributed by atoms with Gasteiger partial charge in [-0.3, -0.25) is 0 Å². The van der Waals surface area contributed by atoms with Crippen LogP contribution >= 0.6 is 0 Å². The van der Waals surface area contributed by atoms with Gasteiger partial charge in [-0.2, -0.15) is 14.4 Å². The van der Waals surface area contributed by atoms with Gasteiger partial charge in [0.05, 0.1) is 19.1 Å². The van der Waals surface area contributed by atoms with Crippen molar-refractivity contribution in [3.63, 3.8) is 0 Å². The monoisotopic (exact) mass is 259 g/mol. The first-order valence-corrected chi connectivity index (χ1v) is 5.54. The number of aromatic nitrogens is 4. The third-order valence-corrected chi connectivity index (χ3v) is 2.62. The van der Waals surface area contributed by atoms with Crippen molar-refractivity contribution in [3.8, 4) is 5.75 Å². The minimum Gasteiger partial charge on any atom is -0.495 e. The number of ether oxygens (including phenoxy) is 1. The van der Waals surface area contributed by atoms with E-state index in [0.29, 0.717) is 22.8 Å². The van der Waals surface area contributed by atoms with Crippen LogP contribution in [0.3, 0.4) is 0 Å². The van der Waals surface area contributed by atoms with E-state index in [1.54, 1.807) is 19.2 Å². The van der Waals surface area contributed by atoms with Crippen LogP contribution in [0, 0.1) is 6.08 Å². The van der Waals surface area contributed by atoms with Gasteiger partial charge in [0, 0.05) is 0 Å². The summed E-state index contributed by atoms with van der Waals surface area (Å²) in [6, 6.07) is 7.29. The van der Waals surface area contributed by atoms with Crippen LogP contribution in [0.1, 0.15) is 0 Å². The second-order valence-corrected chi connectivity index (χ2v) is 3.77. The van der Waals surface area contributed by atoms with Crippen LogP contribution in [0.25, 0.3) is 11.2 Å². The van der Waals surface area contributed by atoms with Crippen LogP contribution in [-0.2, 0) is 0 Å². The van der Waals surface area contributed by atoms with Crippen molar-refractivity contribution < 1.29 is 9.13 Å². The molecule has 0 radical (unpaired) electrons. The van der Waals surface area contributed by atoms with Crippen LogP contribution in [0.2, 0.25) is 0 Å². The van der Waals surface area contributed by atoms with Crippen LogP contribution in [0.5, 0.6) is 5.75 Å². The first kappa shape index (κ1) is 11.4. The third kappa shape index (κ3) is 2.05. The molecule has 96 valence electrons. The Balaban J connectivity index is 2.07. The summed E-state index contributed by atoms with van der Waals surface area (Å²) in [5.41, 5.74) is 1.48. The average Bonchev–Trinajstić information content (AvgIpc) is 2.87. The van der Waals surface area contributed by atoms with Gasteiger partial charge in [0.25, 0.3) is 0 Å². The molecule has 2 aromatic heterocycles. The maximum atomic E-state index is 13.3. The van der Waals surface area contributed by atoms with Crippen molar-refractivity contribution in [2.75, 3.05) is 12.4 Å². The number of hydrogen-bond acceptors (Lipinski definition) is 5. The van der Waals surface area contributed by atoms with Gasteiger partial charge < -0.3 is 15.0 Å². The van der Waals surface area contributed by atoms with Gasteiger partial charge in [0.2, 0.25) is 0 Å². The van der Waals surface area contributed by atoms with Crippen molar-refractivity contribution in [1.29, 1.82) is 0 Å². The Kier molecular flexibility index (Phi) is 2.71. The number of nitrogens with zero attached hydrogens (tertiary/aromatic N) is 3. The number of aromatic amines is 1. The molecule has 0 bridgehead atoms. The lowest BCUT2D eigenvalue weighted by atomic mass is 10.3. The summed E-state index contributed by atoms with van der Waals surface area (Å²) in [6.45, 7) is 0. The number of imidazole rings is 1. The predicted molar refractivity (Wildman–Crippen MR) is 67.9 cm³/mol. The van der Waals surface area contributed by atoms with E-state index < -0.39 is 6.08 Å². The number of anilines is 2. The molecule has 0 unspecified atom stereocenters. The molecule has 0 amide bonds. The second-order valence-electron chi connectivity index (χ2n) is 3.77. The highest BCUT2D eigenvalue weighted by molar-refractivity contribution is 5.85. The molecule has 3 aromatic rings. The van der Waals surface area contributed by atoms with Gasteiger partial charge in [-0.05, 0) is 12.1 Å². The van der Waals surface area contributed by atoms with Crippen molar-refractivity contribution in [2.45, 2.75) is 0 Å². The number of halogens is 1. The zero-order chi connectivity index (χ0) is 13.2. The van der Waals surface area contributed by atoms with Crippen LogP contribution in [0.15, 0.2) is 30.6 Å². The normalized spacial score (nSPS) is 10.6. The maximum absolute atomic E-state index is 13.3. The molecule has 0 aliphatic carbocycles. The standard InChI is InChI=1S/C12H10FN5O/c1-19-8-5-3-2-4-7(8)16-11-9-10(15-6-14-9)17-12(13)18-11/h2-6H,1H3,(H2,14,15,16,17,18). The summed E-state index contributed by atoms with van der Waals surface area (Å²) in [7, 11) is 1.56. The number of H-pyrrole nitrogens is 1. The second kappa shape index (κ2) is 4.52. The number of para-hydroxylation sites is 2. The Morgan fingerprint density at radius 2 is 2.11 bits per heavy atom. The summed E-state index contributed by atoms with van der Waals surface area (Å²) >= 11 is 0. The fourth-order valence-corrected chi connectivity index (χ4v) is 1.77. The topological polar surface area (TPSA) is 75.7 Å². The molecule has 0 atom stereocenters. The lowest BCUT2D eigenvalue weighted by molar-refractivity contribution is 0.417. The Hall–Kier alpha value is -2.70. The Labute approximate surface area is 107 Å². The Bertz CT molecular complexity index is 727. The summed E-state index contributed by atoms with van der Waals surface area (Å²) < 4.78 is 18.5. The highest BCUT2D eigenvalue weighted by Crippen LogP contribution is 2.28. The number of hydrogen-bond donors (Lipinski definition) is 2. The number of rotatable bonds is 3. The lowest BCUT2D eigenvalue weighted by Gasteiger charge is -2.10. The molecule has 0 saturated heterocycles. The predicted octanol–water partition coefficient (Wildman–Crippen LogP) is 2.24. The molecule has 2 N–H and O–H groups in total. The zero-order valence-corrected chi connectivity index (χ0v) is 10.0. The first-order chi connectivity index (χ1) is 9.28. The lowest BCUT2D eigenvalue weighted by Crippen LogP contribution is -2.00. The molecular formula is C12H10FN5O. The van der Waals surface area contributed by atoms with Crippen molar-refractivity contribution >= 4 is 22.7 Å². The molecule has 6 nitrogen and oxygen atoms in total. The van der Waals surface area contributed by atoms with Gasteiger partial charge in [-0.1, -0.05) is 12.1 Å². The smallest absolute Gasteiger partial charge is 0.312 e. The van der Waals surface area contributed by atoms with Crippen molar-refractivity contribution in [1.82, 2.24) is 19.9 Å². The van der Waals surface area contributed by atoms with E-state index >= 15 is 0 Å². The van der Waals surface area contributed by atoms with E-state index in [2.05, 4.69) is 25.3 Å².